The van der Waals surface area contributed by atoms with E-state index in [0.717, 1.165) is 18.7 Å². The number of aromatic amines is 1. The second kappa shape index (κ2) is 6.53. The number of imidazole rings is 1. The number of nitrogens with zero attached hydrogens (tertiary/aromatic N) is 2. The van der Waals surface area contributed by atoms with Crippen LogP contribution in [0.5, 0.6) is 0 Å². The molecule has 0 spiro atoms. The summed E-state index contributed by atoms with van der Waals surface area (Å²) in [5.41, 5.74) is 1.56. The van der Waals surface area contributed by atoms with Crippen LogP contribution in [0.15, 0.2) is 30.9 Å². The van der Waals surface area contributed by atoms with Gasteiger partial charge >= 0.3 is 0 Å². The fourth-order valence-corrected chi connectivity index (χ4v) is 1.72. The maximum Gasteiger partial charge on any atom is 0.255 e. The molecule has 0 saturated carbocycles. The zero-order valence-corrected chi connectivity index (χ0v) is 10.8. The van der Waals surface area contributed by atoms with Crippen LogP contribution in [0.25, 0.3) is 0 Å². The van der Waals surface area contributed by atoms with Gasteiger partial charge in [-0.1, -0.05) is 0 Å². The minimum Gasteiger partial charge on any atom is -0.370 e. The third-order valence-corrected chi connectivity index (χ3v) is 2.63. The summed E-state index contributed by atoms with van der Waals surface area (Å²) in [4.78, 5) is 23.1. The van der Waals surface area contributed by atoms with Crippen molar-refractivity contribution in [3.63, 3.8) is 0 Å². The Balaban J connectivity index is 1.92. The van der Waals surface area contributed by atoms with Gasteiger partial charge in [-0.05, 0) is 19.1 Å². The van der Waals surface area contributed by atoms with Crippen molar-refractivity contribution in [3.8, 4) is 0 Å². The highest BCUT2D eigenvalue weighted by molar-refractivity contribution is 5.98. The lowest BCUT2D eigenvalue weighted by Gasteiger charge is -2.09. The van der Waals surface area contributed by atoms with Crippen molar-refractivity contribution in [2.45, 2.75) is 13.3 Å². The van der Waals surface area contributed by atoms with Crippen LogP contribution in [0.2, 0.25) is 0 Å². The third-order valence-electron chi connectivity index (χ3n) is 2.63. The second-order valence-electron chi connectivity index (χ2n) is 4.01. The predicted molar refractivity (Wildman–Crippen MR) is 73.0 cm³/mol. The van der Waals surface area contributed by atoms with Crippen molar-refractivity contribution in [1.82, 2.24) is 20.3 Å². The van der Waals surface area contributed by atoms with Gasteiger partial charge in [-0.3, -0.25) is 4.79 Å². The van der Waals surface area contributed by atoms with Crippen molar-refractivity contribution in [3.05, 3.63) is 42.1 Å². The second-order valence-corrected chi connectivity index (χ2v) is 4.01. The Morgan fingerprint density at radius 3 is 3.11 bits per heavy atom. The van der Waals surface area contributed by atoms with Crippen molar-refractivity contribution in [1.29, 1.82) is 0 Å². The summed E-state index contributed by atoms with van der Waals surface area (Å²) < 4.78 is 0. The van der Waals surface area contributed by atoms with Crippen LogP contribution in [0.3, 0.4) is 0 Å². The highest BCUT2D eigenvalue weighted by Crippen LogP contribution is 2.10. The molecule has 0 unspecified atom stereocenters. The van der Waals surface area contributed by atoms with E-state index in [1.165, 1.54) is 0 Å². The topological polar surface area (TPSA) is 82.7 Å². The monoisotopic (exact) mass is 259 g/mol. The highest BCUT2D eigenvalue weighted by atomic mass is 16.1. The first-order valence-electron chi connectivity index (χ1n) is 6.25. The van der Waals surface area contributed by atoms with Crippen molar-refractivity contribution < 1.29 is 4.79 Å². The molecule has 2 aromatic heterocycles. The maximum atomic E-state index is 12.1. The number of anilines is 1. The smallest absolute Gasteiger partial charge is 0.255 e. The van der Waals surface area contributed by atoms with Gasteiger partial charge in [0.15, 0.2) is 0 Å². The standard InChI is InChI=1S/C13H17N5O/c1-2-15-12-11(4-3-6-16-12)13(19)17-7-5-10-8-14-9-18-10/h3-4,6,8-9H,2,5,7H2,1H3,(H,14,18)(H,15,16)(H,17,19). The summed E-state index contributed by atoms with van der Waals surface area (Å²) in [5.74, 6) is 0.493. The first-order valence-corrected chi connectivity index (χ1v) is 6.25. The van der Waals surface area contributed by atoms with Crippen LogP contribution in [0.4, 0.5) is 5.82 Å². The molecule has 1 amide bonds. The number of rotatable bonds is 6. The Kier molecular flexibility index (Phi) is 4.49. The van der Waals surface area contributed by atoms with Gasteiger partial charge in [-0.15, -0.1) is 0 Å². The van der Waals surface area contributed by atoms with Gasteiger partial charge in [0.1, 0.15) is 5.82 Å². The number of carbonyl (C=O) groups excluding carboxylic acids is 1. The maximum absolute atomic E-state index is 12.1. The molecule has 6 nitrogen and oxygen atoms in total. The summed E-state index contributed by atoms with van der Waals surface area (Å²) in [6.45, 7) is 3.25. The predicted octanol–water partition coefficient (Wildman–Crippen LogP) is 1.21. The zero-order valence-electron chi connectivity index (χ0n) is 10.8. The van der Waals surface area contributed by atoms with Gasteiger partial charge in [0, 0.05) is 37.6 Å². The number of hydrogen-bond acceptors (Lipinski definition) is 4. The minimum absolute atomic E-state index is 0.122. The molecule has 0 aliphatic carbocycles. The van der Waals surface area contributed by atoms with Crippen LogP contribution < -0.4 is 10.6 Å². The normalized spacial score (nSPS) is 10.2. The molecule has 0 aliphatic rings. The molecule has 6 heteroatoms. The Bertz CT molecular complexity index is 524. The molecule has 0 fully saturated rings. The molecule has 0 atom stereocenters. The van der Waals surface area contributed by atoms with E-state index in [1.807, 2.05) is 6.92 Å². The number of H-pyrrole nitrogens is 1. The van der Waals surface area contributed by atoms with E-state index in [0.29, 0.717) is 17.9 Å². The molecule has 0 aromatic carbocycles. The molecule has 2 heterocycles. The Hall–Kier alpha value is -2.37. The molecule has 19 heavy (non-hydrogen) atoms. The highest BCUT2D eigenvalue weighted by Gasteiger charge is 2.10. The molecule has 3 N–H and O–H groups in total. The van der Waals surface area contributed by atoms with Gasteiger partial charge in [-0.25, -0.2) is 9.97 Å². The molecule has 0 saturated heterocycles. The summed E-state index contributed by atoms with van der Waals surface area (Å²) in [7, 11) is 0. The largest absolute Gasteiger partial charge is 0.370 e. The van der Waals surface area contributed by atoms with Gasteiger partial charge in [0.05, 0.1) is 11.9 Å². The third kappa shape index (κ3) is 3.54. The quantitative estimate of drug-likeness (QED) is 0.728. The Morgan fingerprint density at radius 1 is 1.47 bits per heavy atom. The minimum atomic E-state index is -0.122. The number of pyridine rings is 1. The molecule has 2 aromatic rings. The van der Waals surface area contributed by atoms with Crippen LogP contribution in [0, 0.1) is 0 Å². The van der Waals surface area contributed by atoms with Gasteiger partial charge in [0.25, 0.3) is 5.91 Å². The van der Waals surface area contributed by atoms with E-state index in [-0.39, 0.29) is 5.91 Å². The van der Waals surface area contributed by atoms with E-state index >= 15 is 0 Å². The summed E-state index contributed by atoms with van der Waals surface area (Å²) in [6, 6.07) is 3.52. The van der Waals surface area contributed by atoms with Crippen LogP contribution in [-0.4, -0.2) is 33.9 Å². The average molecular weight is 259 g/mol. The van der Waals surface area contributed by atoms with Crippen molar-refractivity contribution in [2.24, 2.45) is 0 Å². The van der Waals surface area contributed by atoms with Gasteiger partial charge in [-0.2, -0.15) is 0 Å². The van der Waals surface area contributed by atoms with Gasteiger partial charge in [0.2, 0.25) is 0 Å². The van der Waals surface area contributed by atoms with Crippen LogP contribution in [0.1, 0.15) is 23.0 Å². The summed E-state index contributed by atoms with van der Waals surface area (Å²) in [5, 5.41) is 5.94. The first kappa shape index (κ1) is 13.1. The number of carbonyl (C=O) groups is 1. The van der Waals surface area contributed by atoms with Crippen LogP contribution >= 0.6 is 0 Å². The summed E-state index contributed by atoms with van der Waals surface area (Å²) >= 11 is 0. The Labute approximate surface area is 111 Å². The van der Waals surface area contributed by atoms with E-state index < -0.39 is 0 Å². The molecule has 0 bridgehead atoms. The molecular formula is C13H17N5O. The number of nitrogens with one attached hydrogen (secondary N) is 3. The van der Waals surface area contributed by atoms with E-state index in [4.69, 9.17) is 0 Å². The van der Waals surface area contributed by atoms with E-state index in [9.17, 15) is 4.79 Å². The zero-order chi connectivity index (χ0) is 13.5. The average Bonchev–Trinajstić information content (AvgIpc) is 2.93. The van der Waals surface area contributed by atoms with E-state index in [1.54, 1.807) is 30.9 Å². The lowest BCUT2D eigenvalue weighted by atomic mass is 10.2. The molecule has 2 rings (SSSR count). The van der Waals surface area contributed by atoms with Gasteiger partial charge < -0.3 is 15.6 Å². The molecule has 0 aliphatic heterocycles. The number of aromatic nitrogens is 3. The van der Waals surface area contributed by atoms with Crippen molar-refractivity contribution in [2.75, 3.05) is 18.4 Å². The van der Waals surface area contributed by atoms with Crippen LogP contribution in [-0.2, 0) is 6.42 Å². The fraction of sp³-hybridized carbons (Fsp3) is 0.308. The van der Waals surface area contributed by atoms with E-state index in [2.05, 4.69) is 25.6 Å². The molecule has 0 radical (unpaired) electrons. The Morgan fingerprint density at radius 2 is 2.37 bits per heavy atom. The summed E-state index contributed by atoms with van der Waals surface area (Å²) in [6.07, 6.45) is 5.77. The fourth-order valence-electron chi connectivity index (χ4n) is 1.72. The lowest BCUT2D eigenvalue weighted by Crippen LogP contribution is -2.27. The first-order chi connectivity index (χ1) is 9.31. The molecular weight excluding hydrogens is 242 g/mol. The lowest BCUT2D eigenvalue weighted by molar-refractivity contribution is 0.0954. The SMILES string of the molecule is CCNc1ncccc1C(=O)NCCc1cnc[nH]1. The number of hydrogen-bond donors (Lipinski definition) is 3. The number of amides is 1. The molecule has 100 valence electrons. The van der Waals surface area contributed by atoms with Crippen molar-refractivity contribution >= 4 is 11.7 Å².